The Morgan fingerprint density at radius 2 is 1.84 bits per heavy atom. The highest BCUT2D eigenvalue weighted by Crippen LogP contribution is 2.56. The molecule has 3 rings (SSSR count). The number of hydrogen-bond donors (Lipinski definition) is 1. The van der Waals surface area contributed by atoms with E-state index in [1.165, 1.54) is 18.6 Å². The molecular formula is C14H16F3NO. The highest BCUT2D eigenvalue weighted by Gasteiger charge is 2.47. The van der Waals surface area contributed by atoms with Crippen molar-refractivity contribution < 1.29 is 17.9 Å². The second-order valence-electron chi connectivity index (χ2n) is 5.63. The Hall–Kier alpha value is -1.23. The van der Waals surface area contributed by atoms with Crippen molar-refractivity contribution in [2.24, 2.45) is 23.5 Å². The number of alkyl halides is 3. The van der Waals surface area contributed by atoms with E-state index in [4.69, 9.17) is 5.73 Å². The molecule has 1 aromatic carbocycles. The molecule has 19 heavy (non-hydrogen) atoms. The summed E-state index contributed by atoms with van der Waals surface area (Å²) >= 11 is 0. The molecular weight excluding hydrogens is 255 g/mol. The maximum Gasteiger partial charge on any atom is 0.573 e. The van der Waals surface area contributed by atoms with Gasteiger partial charge in [0, 0.05) is 6.04 Å². The molecule has 0 aliphatic heterocycles. The lowest BCUT2D eigenvalue weighted by Gasteiger charge is -2.21. The van der Waals surface area contributed by atoms with Crippen LogP contribution in [0.15, 0.2) is 24.3 Å². The molecule has 104 valence electrons. The van der Waals surface area contributed by atoms with E-state index in [2.05, 4.69) is 4.74 Å². The predicted molar refractivity (Wildman–Crippen MR) is 64.4 cm³/mol. The number of nitrogens with two attached hydrogens (primary N) is 1. The summed E-state index contributed by atoms with van der Waals surface area (Å²) in [7, 11) is 0. The lowest BCUT2D eigenvalue weighted by molar-refractivity contribution is -0.274. The van der Waals surface area contributed by atoms with Crippen LogP contribution < -0.4 is 10.5 Å². The van der Waals surface area contributed by atoms with Crippen molar-refractivity contribution in [2.75, 3.05) is 0 Å². The summed E-state index contributed by atoms with van der Waals surface area (Å²) in [4.78, 5) is 0. The van der Waals surface area contributed by atoms with Gasteiger partial charge in [-0.1, -0.05) is 12.1 Å². The molecule has 3 unspecified atom stereocenters. The molecule has 2 saturated carbocycles. The van der Waals surface area contributed by atoms with E-state index >= 15 is 0 Å². The highest BCUT2D eigenvalue weighted by atomic mass is 19.4. The van der Waals surface area contributed by atoms with Gasteiger partial charge in [0.05, 0.1) is 0 Å². The van der Waals surface area contributed by atoms with E-state index in [-0.39, 0.29) is 11.8 Å². The topological polar surface area (TPSA) is 35.2 Å². The first kappa shape index (κ1) is 12.8. The average molecular weight is 271 g/mol. The van der Waals surface area contributed by atoms with Gasteiger partial charge in [0.15, 0.2) is 0 Å². The minimum Gasteiger partial charge on any atom is -0.406 e. The first-order valence-electron chi connectivity index (χ1n) is 6.53. The second kappa shape index (κ2) is 4.40. The van der Waals surface area contributed by atoms with Gasteiger partial charge in [-0.15, -0.1) is 13.2 Å². The normalized spacial score (nSPS) is 30.8. The van der Waals surface area contributed by atoms with Gasteiger partial charge >= 0.3 is 6.36 Å². The molecule has 0 aromatic heterocycles. The Balaban J connectivity index is 1.71. The van der Waals surface area contributed by atoms with Gasteiger partial charge in [0.1, 0.15) is 5.75 Å². The average Bonchev–Trinajstić information content (AvgIpc) is 2.93. The fraction of sp³-hybridized carbons (Fsp3) is 0.571. The van der Waals surface area contributed by atoms with Gasteiger partial charge in [-0.25, -0.2) is 0 Å². The summed E-state index contributed by atoms with van der Waals surface area (Å²) in [6, 6.07) is 5.85. The third-order valence-corrected chi connectivity index (χ3v) is 4.26. The number of halogens is 3. The molecule has 2 aliphatic rings. The van der Waals surface area contributed by atoms with Crippen molar-refractivity contribution in [3.8, 4) is 5.75 Å². The summed E-state index contributed by atoms with van der Waals surface area (Å²) in [5, 5.41) is 0. The smallest absolute Gasteiger partial charge is 0.406 e. The molecule has 2 aliphatic carbocycles. The standard InChI is InChI=1S/C14H16F3NO/c15-14(16,17)19-12-3-1-2-8(7-12)13(18)11-5-9-4-10(9)6-11/h1-3,7,9-11,13H,4-6,18H2. The summed E-state index contributed by atoms with van der Waals surface area (Å²) in [6.45, 7) is 0. The van der Waals surface area contributed by atoms with E-state index < -0.39 is 6.36 Å². The van der Waals surface area contributed by atoms with Crippen LogP contribution in [0.25, 0.3) is 0 Å². The molecule has 0 spiro atoms. The lowest BCUT2D eigenvalue weighted by Crippen LogP contribution is -2.21. The third kappa shape index (κ3) is 2.86. The minimum atomic E-state index is -4.66. The Morgan fingerprint density at radius 1 is 1.16 bits per heavy atom. The Kier molecular flexibility index (Phi) is 2.96. The van der Waals surface area contributed by atoms with E-state index in [0.29, 0.717) is 5.92 Å². The van der Waals surface area contributed by atoms with Crippen LogP contribution in [-0.2, 0) is 0 Å². The first-order valence-corrected chi connectivity index (χ1v) is 6.53. The van der Waals surface area contributed by atoms with Crippen molar-refractivity contribution >= 4 is 0 Å². The molecule has 5 heteroatoms. The quantitative estimate of drug-likeness (QED) is 0.911. The Labute approximate surface area is 109 Å². The maximum absolute atomic E-state index is 12.2. The van der Waals surface area contributed by atoms with Crippen molar-refractivity contribution in [1.29, 1.82) is 0 Å². The molecule has 0 bridgehead atoms. The van der Waals surface area contributed by atoms with Crippen molar-refractivity contribution in [2.45, 2.75) is 31.7 Å². The van der Waals surface area contributed by atoms with Crippen molar-refractivity contribution in [3.63, 3.8) is 0 Å². The fourth-order valence-corrected chi connectivity index (χ4v) is 3.25. The van der Waals surface area contributed by atoms with E-state index in [9.17, 15) is 13.2 Å². The number of fused-ring (bicyclic) bond motifs is 1. The van der Waals surface area contributed by atoms with Gasteiger partial charge in [0.25, 0.3) is 0 Å². The number of rotatable bonds is 3. The van der Waals surface area contributed by atoms with Gasteiger partial charge in [-0.2, -0.15) is 0 Å². The van der Waals surface area contributed by atoms with Gasteiger partial charge < -0.3 is 10.5 Å². The summed E-state index contributed by atoms with van der Waals surface area (Å²) < 4.78 is 40.5. The maximum atomic E-state index is 12.2. The molecule has 0 amide bonds. The Morgan fingerprint density at radius 3 is 2.47 bits per heavy atom. The summed E-state index contributed by atoms with van der Waals surface area (Å²) in [6.07, 6.45) is -1.13. The minimum absolute atomic E-state index is 0.190. The lowest BCUT2D eigenvalue weighted by atomic mass is 9.90. The SMILES string of the molecule is NC(c1cccc(OC(F)(F)F)c1)C1CC2CC2C1. The number of ether oxygens (including phenoxy) is 1. The van der Waals surface area contributed by atoms with Crippen LogP contribution in [0.5, 0.6) is 5.75 Å². The zero-order valence-electron chi connectivity index (χ0n) is 10.4. The summed E-state index contributed by atoms with van der Waals surface area (Å²) in [5.74, 6) is 1.82. The first-order chi connectivity index (χ1) is 8.92. The van der Waals surface area contributed by atoms with Crippen LogP contribution in [0, 0.1) is 17.8 Å². The summed E-state index contributed by atoms with van der Waals surface area (Å²) in [5.41, 5.74) is 6.91. The zero-order chi connectivity index (χ0) is 13.6. The van der Waals surface area contributed by atoms with Crippen LogP contribution in [0.1, 0.15) is 30.9 Å². The molecule has 2 N–H and O–H groups in total. The molecule has 0 heterocycles. The van der Waals surface area contributed by atoms with Gasteiger partial charge in [-0.3, -0.25) is 0 Å². The van der Waals surface area contributed by atoms with Gasteiger partial charge in [0.2, 0.25) is 0 Å². The van der Waals surface area contributed by atoms with Crippen LogP contribution in [0.2, 0.25) is 0 Å². The molecule has 0 radical (unpaired) electrons. The van der Waals surface area contributed by atoms with E-state index in [1.54, 1.807) is 12.1 Å². The van der Waals surface area contributed by atoms with Crippen LogP contribution in [0.3, 0.4) is 0 Å². The highest BCUT2D eigenvalue weighted by molar-refractivity contribution is 5.31. The molecule has 2 fully saturated rings. The van der Waals surface area contributed by atoms with Crippen molar-refractivity contribution in [3.05, 3.63) is 29.8 Å². The van der Waals surface area contributed by atoms with Crippen molar-refractivity contribution in [1.82, 2.24) is 0 Å². The molecule has 2 nitrogen and oxygen atoms in total. The van der Waals surface area contributed by atoms with E-state index in [1.807, 2.05) is 0 Å². The Bertz CT molecular complexity index is 464. The molecule has 1 aromatic rings. The number of benzene rings is 1. The monoisotopic (exact) mass is 271 g/mol. The number of hydrogen-bond acceptors (Lipinski definition) is 2. The zero-order valence-corrected chi connectivity index (χ0v) is 10.4. The molecule has 0 saturated heterocycles. The largest absolute Gasteiger partial charge is 0.573 e. The predicted octanol–water partition coefficient (Wildman–Crippen LogP) is 3.63. The second-order valence-corrected chi connectivity index (χ2v) is 5.63. The van der Waals surface area contributed by atoms with Crippen LogP contribution >= 0.6 is 0 Å². The third-order valence-electron chi connectivity index (χ3n) is 4.26. The molecule has 3 atom stereocenters. The van der Waals surface area contributed by atoms with E-state index in [0.717, 1.165) is 30.2 Å². The van der Waals surface area contributed by atoms with Crippen LogP contribution in [0.4, 0.5) is 13.2 Å². The van der Waals surface area contributed by atoms with Gasteiger partial charge in [-0.05, 0) is 54.7 Å². The fourth-order valence-electron chi connectivity index (χ4n) is 3.25. The van der Waals surface area contributed by atoms with Crippen LogP contribution in [-0.4, -0.2) is 6.36 Å².